The van der Waals surface area contributed by atoms with Crippen LogP contribution in [0.4, 0.5) is 4.39 Å². The first-order chi connectivity index (χ1) is 9.72. The number of nitrogens with zero attached hydrogens (tertiary/aromatic N) is 1. The number of carbonyl (C=O) groups excluding carboxylic acids is 1. The van der Waals surface area contributed by atoms with Crippen LogP contribution in [0.1, 0.15) is 31.2 Å². The Labute approximate surface area is 119 Å². The standard InChI is InChI=1S/C16H21FN2O/c17-14-3-1-2-13(8-14)11-19(15-4-5-15)16(20)9-12-6-7-18-10-12/h1-3,8,12,15,18H,4-7,9-11H2. The molecular weight excluding hydrogens is 255 g/mol. The molecular formula is C16H21FN2O. The Hall–Kier alpha value is -1.42. The fraction of sp³-hybridized carbons (Fsp3) is 0.562. The molecule has 1 atom stereocenters. The summed E-state index contributed by atoms with van der Waals surface area (Å²) in [6, 6.07) is 6.95. The number of benzene rings is 1. The van der Waals surface area contributed by atoms with E-state index in [2.05, 4.69) is 5.32 Å². The van der Waals surface area contributed by atoms with E-state index in [-0.39, 0.29) is 11.7 Å². The van der Waals surface area contributed by atoms with Crippen molar-refractivity contribution in [3.05, 3.63) is 35.6 Å². The zero-order valence-electron chi connectivity index (χ0n) is 11.6. The van der Waals surface area contributed by atoms with Crippen LogP contribution in [0.3, 0.4) is 0 Å². The van der Waals surface area contributed by atoms with Gasteiger partial charge in [0.2, 0.25) is 5.91 Å². The normalized spacial score (nSPS) is 21.9. The van der Waals surface area contributed by atoms with Gasteiger partial charge in [-0.15, -0.1) is 0 Å². The van der Waals surface area contributed by atoms with Crippen LogP contribution in [0.5, 0.6) is 0 Å². The van der Waals surface area contributed by atoms with Gasteiger partial charge >= 0.3 is 0 Å². The molecule has 1 aromatic rings. The lowest BCUT2D eigenvalue weighted by atomic mass is 10.0. The Kier molecular flexibility index (Phi) is 4.01. The largest absolute Gasteiger partial charge is 0.335 e. The molecule has 0 aromatic heterocycles. The Bertz CT molecular complexity index is 481. The first-order valence-corrected chi connectivity index (χ1v) is 7.47. The van der Waals surface area contributed by atoms with Crippen molar-refractivity contribution >= 4 is 5.91 Å². The Morgan fingerprint density at radius 3 is 2.85 bits per heavy atom. The van der Waals surface area contributed by atoms with Gasteiger partial charge in [0, 0.05) is 19.0 Å². The number of hydrogen-bond donors (Lipinski definition) is 1. The van der Waals surface area contributed by atoms with Crippen molar-refractivity contribution in [1.29, 1.82) is 0 Å². The van der Waals surface area contributed by atoms with Crippen LogP contribution in [0.15, 0.2) is 24.3 Å². The zero-order valence-corrected chi connectivity index (χ0v) is 11.6. The summed E-state index contributed by atoms with van der Waals surface area (Å²) < 4.78 is 13.3. The summed E-state index contributed by atoms with van der Waals surface area (Å²) in [5.41, 5.74) is 0.884. The third kappa shape index (κ3) is 3.37. The van der Waals surface area contributed by atoms with Gasteiger partial charge in [0.15, 0.2) is 0 Å². The predicted octanol–water partition coefficient (Wildman–Crippen LogP) is 2.32. The van der Waals surface area contributed by atoms with E-state index >= 15 is 0 Å². The zero-order chi connectivity index (χ0) is 13.9. The lowest BCUT2D eigenvalue weighted by Gasteiger charge is -2.24. The van der Waals surface area contributed by atoms with Crippen molar-refractivity contribution in [2.45, 2.75) is 38.3 Å². The molecule has 1 N–H and O–H groups in total. The van der Waals surface area contributed by atoms with E-state index in [0.717, 1.165) is 37.9 Å². The van der Waals surface area contributed by atoms with E-state index in [1.54, 1.807) is 6.07 Å². The topological polar surface area (TPSA) is 32.3 Å². The van der Waals surface area contributed by atoms with E-state index in [1.165, 1.54) is 12.1 Å². The first-order valence-electron chi connectivity index (χ1n) is 7.47. The van der Waals surface area contributed by atoms with Gasteiger partial charge in [-0.05, 0) is 56.0 Å². The van der Waals surface area contributed by atoms with Gasteiger partial charge in [0.25, 0.3) is 0 Å². The molecule has 1 heterocycles. The summed E-state index contributed by atoms with van der Waals surface area (Å²) in [7, 11) is 0. The maximum Gasteiger partial charge on any atom is 0.223 e. The van der Waals surface area contributed by atoms with E-state index in [4.69, 9.17) is 0 Å². The van der Waals surface area contributed by atoms with Crippen molar-refractivity contribution in [2.24, 2.45) is 5.92 Å². The molecule has 1 amide bonds. The Morgan fingerprint density at radius 1 is 1.35 bits per heavy atom. The Balaban J connectivity index is 1.64. The minimum Gasteiger partial charge on any atom is -0.335 e. The number of carbonyl (C=O) groups is 1. The predicted molar refractivity (Wildman–Crippen MR) is 75.6 cm³/mol. The molecule has 1 aliphatic heterocycles. The van der Waals surface area contributed by atoms with Gasteiger partial charge < -0.3 is 10.2 Å². The molecule has 108 valence electrons. The average Bonchev–Trinajstić information content (AvgIpc) is 3.14. The highest BCUT2D eigenvalue weighted by Gasteiger charge is 2.33. The molecule has 0 spiro atoms. The second kappa shape index (κ2) is 5.92. The van der Waals surface area contributed by atoms with E-state index in [9.17, 15) is 9.18 Å². The van der Waals surface area contributed by atoms with E-state index in [0.29, 0.717) is 24.9 Å². The van der Waals surface area contributed by atoms with Crippen LogP contribution in [-0.4, -0.2) is 29.9 Å². The van der Waals surface area contributed by atoms with Crippen LogP contribution in [0.25, 0.3) is 0 Å². The molecule has 2 fully saturated rings. The number of halogens is 1. The van der Waals surface area contributed by atoms with Gasteiger partial charge in [0.1, 0.15) is 5.82 Å². The van der Waals surface area contributed by atoms with Crippen LogP contribution in [-0.2, 0) is 11.3 Å². The molecule has 3 nitrogen and oxygen atoms in total. The summed E-state index contributed by atoms with van der Waals surface area (Å²) in [4.78, 5) is 14.4. The second-order valence-corrected chi connectivity index (χ2v) is 5.95. The summed E-state index contributed by atoms with van der Waals surface area (Å²) in [5, 5.41) is 3.30. The van der Waals surface area contributed by atoms with Gasteiger partial charge in [0.05, 0.1) is 0 Å². The van der Waals surface area contributed by atoms with Crippen LogP contribution in [0, 0.1) is 11.7 Å². The van der Waals surface area contributed by atoms with Crippen molar-refractivity contribution in [1.82, 2.24) is 10.2 Å². The number of nitrogens with one attached hydrogen (secondary N) is 1. The minimum atomic E-state index is -0.231. The first kappa shape index (κ1) is 13.6. The molecule has 20 heavy (non-hydrogen) atoms. The average molecular weight is 276 g/mol. The second-order valence-electron chi connectivity index (χ2n) is 5.95. The van der Waals surface area contributed by atoms with Crippen molar-refractivity contribution in [3.63, 3.8) is 0 Å². The van der Waals surface area contributed by atoms with Crippen LogP contribution in [0.2, 0.25) is 0 Å². The molecule has 0 radical (unpaired) electrons. The quantitative estimate of drug-likeness (QED) is 0.895. The fourth-order valence-electron chi connectivity index (χ4n) is 2.89. The van der Waals surface area contributed by atoms with Gasteiger partial charge in [-0.3, -0.25) is 4.79 Å². The summed E-state index contributed by atoms with van der Waals surface area (Å²) in [6.07, 6.45) is 3.89. The monoisotopic (exact) mass is 276 g/mol. The maximum atomic E-state index is 13.3. The summed E-state index contributed by atoms with van der Waals surface area (Å²) in [5.74, 6) is 0.465. The number of amides is 1. The third-order valence-electron chi connectivity index (χ3n) is 4.18. The van der Waals surface area contributed by atoms with Gasteiger partial charge in [-0.1, -0.05) is 12.1 Å². The highest BCUT2D eigenvalue weighted by Crippen LogP contribution is 2.30. The summed E-state index contributed by atoms with van der Waals surface area (Å²) >= 11 is 0. The molecule has 1 saturated carbocycles. The third-order valence-corrected chi connectivity index (χ3v) is 4.18. The van der Waals surface area contributed by atoms with E-state index < -0.39 is 0 Å². The molecule has 0 bridgehead atoms. The van der Waals surface area contributed by atoms with Crippen LogP contribution < -0.4 is 5.32 Å². The van der Waals surface area contributed by atoms with E-state index in [1.807, 2.05) is 11.0 Å². The Morgan fingerprint density at radius 2 is 2.20 bits per heavy atom. The molecule has 1 unspecified atom stereocenters. The SMILES string of the molecule is O=C(CC1CCNC1)N(Cc1cccc(F)c1)C1CC1. The minimum absolute atomic E-state index is 0.227. The molecule has 4 heteroatoms. The lowest BCUT2D eigenvalue weighted by Crippen LogP contribution is -2.34. The van der Waals surface area contributed by atoms with Gasteiger partial charge in [-0.25, -0.2) is 4.39 Å². The molecule has 1 saturated heterocycles. The molecule has 2 aliphatic rings. The summed E-state index contributed by atoms with van der Waals surface area (Å²) in [6.45, 7) is 2.51. The van der Waals surface area contributed by atoms with Crippen LogP contribution >= 0.6 is 0 Å². The van der Waals surface area contributed by atoms with Crippen molar-refractivity contribution in [3.8, 4) is 0 Å². The fourth-order valence-corrected chi connectivity index (χ4v) is 2.89. The van der Waals surface area contributed by atoms with Crippen molar-refractivity contribution in [2.75, 3.05) is 13.1 Å². The highest BCUT2D eigenvalue weighted by molar-refractivity contribution is 5.77. The smallest absolute Gasteiger partial charge is 0.223 e. The number of hydrogen-bond acceptors (Lipinski definition) is 2. The molecule has 1 aromatic carbocycles. The lowest BCUT2D eigenvalue weighted by molar-refractivity contribution is -0.133. The highest BCUT2D eigenvalue weighted by atomic mass is 19.1. The van der Waals surface area contributed by atoms with Crippen molar-refractivity contribution < 1.29 is 9.18 Å². The number of rotatable bonds is 5. The molecule has 1 aliphatic carbocycles. The van der Waals surface area contributed by atoms with Gasteiger partial charge in [-0.2, -0.15) is 0 Å². The maximum absolute atomic E-state index is 13.3. The molecule has 3 rings (SSSR count).